The van der Waals surface area contributed by atoms with Gasteiger partial charge in [0.1, 0.15) is 7.82 Å². The van der Waals surface area contributed by atoms with E-state index < -0.39 is 91.7 Å². The second-order valence-corrected chi connectivity index (χ2v) is 18.2. The highest BCUT2D eigenvalue weighted by Crippen LogP contribution is 2.42. The summed E-state index contributed by atoms with van der Waals surface area (Å²) in [4.78, 5) is 41.7. The van der Waals surface area contributed by atoms with Crippen LogP contribution in [0.25, 0.3) is 24.3 Å². The normalized spacial score (nSPS) is 12.2. The Bertz CT molecular complexity index is 2270. The van der Waals surface area contributed by atoms with Crippen LogP contribution in [0.1, 0.15) is 22.3 Å². The molecule has 0 aromatic heterocycles. The van der Waals surface area contributed by atoms with Gasteiger partial charge in [0.05, 0.1) is 133 Å². The third-order valence-electron chi connectivity index (χ3n) is 9.94. The quantitative estimate of drug-likeness (QED) is 0.0248. The molecule has 0 bridgehead atoms. The highest BCUT2D eigenvalue weighted by atomic mass is 31.2. The van der Waals surface area contributed by atoms with Gasteiger partial charge in [0.15, 0.2) is 46.0 Å². The molecule has 1 atom stereocenters. The number of ether oxygens (including phenoxy) is 8. The predicted octanol–water partition coefficient (Wildman–Crippen LogP) is -2.19. The Morgan fingerprint density at radius 1 is 0.385 bits per heavy atom. The van der Waals surface area contributed by atoms with Gasteiger partial charge in [-0.1, -0.05) is 36.4 Å². The van der Waals surface area contributed by atoms with Crippen LogP contribution in [0.3, 0.4) is 0 Å². The number of benzene rings is 4. The molecule has 28 nitrogen and oxygen atoms in total. The molecule has 4 aromatic rings. The molecule has 0 aliphatic rings. The first kappa shape index (κ1) is 72.2. The molecule has 0 saturated heterocycles. The third kappa shape index (κ3) is 25.3. The first-order chi connectivity index (χ1) is 36.7. The Hall–Kier alpha value is -5.82. The van der Waals surface area contributed by atoms with Crippen LogP contribution in [-0.4, -0.2) is 184 Å². The summed E-state index contributed by atoms with van der Waals surface area (Å²) in [6, 6.07) is 16.2. The van der Waals surface area contributed by atoms with Gasteiger partial charge in [-0.05, 0) is 70.8 Å². The summed E-state index contributed by atoms with van der Waals surface area (Å²) >= 11 is 0. The SMILES string of the molecule is COc1ccc(/C=C\c2cc(OC)c(OC)c(OC)c2)cc1OP(=O)([O-])O.COc1ccc(/C=C\c2cc(OC)c(OC)c(OC)c2)cc1OP(=O)([O-])[O-].NC(CO)(CO)CO.NC(CO)(CO)CO.NC(CO)(CO)CO. The minimum absolute atomic E-state index is 0.120. The summed E-state index contributed by atoms with van der Waals surface area (Å²) in [7, 11) is 1.65. The number of hydrogen-bond acceptors (Lipinski definition) is 27. The molecule has 0 radical (unpaired) electrons. The van der Waals surface area contributed by atoms with E-state index in [1.807, 2.05) is 0 Å². The standard InChI is InChI=1S/2C18H21O8P.3C4H11NO3/c2*1-22-14-8-7-12(9-15(14)26-27(19,20)21)5-6-13-10-16(23-2)18(25-4)17(11-13)24-3;3*5-4(1-6,2-7)3-8/h2*5-11H,1-4H3,(H2,19,20,21);3*6-8H,1-3,5H2/p-3/b2*6-5-;;;. The predicted molar refractivity (Wildman–Crippen MR) is 279 cm³/mol. The van der Waals surface area contributed by atoms with Crippen molar-refractivity contribution in [3.8, 4) is 57.5 Å². The Morgan fingerprint density at radius 2 is 0.615 bits per heavy atom. The maximum Gasteiger partial charge on any atom is 0.317 e. The second-order valence-electron chi connectivity index (χ2n) is 16.0. The van der Waals surface area contributed by atoms with Gasteiger partial charge >= 0.3 is 7.82 Å². The number of rotatable bonds is 25. The molecule has 16 N–H and O–H groups in total. The molecule has 0 fully saturated rings. The molecular formula is C48H72N3O25P2-3. The van der Waals surface area contributed by atoms with E-state index in [2.05, 4.69) is 9.05 Å². The minimum Gasteiger partial charge on any atom is -0.780 e. The zero-order chi connectivity index (χ0) is 59.9. The van der Waals surface area contributed by atoms with E-state index in [0.29, 0.717) is 45.6 Å². The Morgan fingerprint density at radius 3 is 0.808 bits per heavy atom. The van der Waals surface area contributed by atoms with Crippen LogP contribution < -0.4 is 78.8 Å². The van der Waals surface area contributed by atoms with E-state index in [-0.39, 0.29) is 23.0 Å². The van der Waals surface area contributed by atoms with Gasteiger partial charge in [0.2, 0.25) is 11.5 Å². The molecular weight excluding hydrogens is 1080 g/mol. The van der Waals surface area contributed by atoms with Crippen LogP contribution in [0.2, 0.25) is 0 Å². The third-order valence-corrected chi connectivity index (χ3v) is 10.8. The minimum atomic E-state index is -5.21. The van der Waals surface area contributed by atoms with Crippen LogP contribution in [0, 0.1) is 0 Å². The van der Waals surface area contributed by atoms with Crippen molar-refractivity contribution in [2.45, 2.75) is 16.6 Å². The number of aliphatic hydroxyl groups excluding tert-OH is 9. The highest BCUT2D eigenvalue weighted by Gasteiger charge is 2.23. The van der Waals surface area contributed by atoms with Crippen LogP contribution >= 0.6 is 15.6 Å². The van der Waals surface area contributed by atoms with E-state index in [1.165, 1.54) is 81.1 Å². The lowest BCUT2D eigenvalue weighted by Crippen LogP contribution is -2.50. The van der Waals surface area contributed by atoms with Gasteiger partial charge in [-0.15, -0.1) is 0 Å². The first-order valence-electron chi connectivity index (χ1n) is 22.3. The molecule has 442 valence electrons. The Balaban J connectivity index is 0.00000108. The molecule has 0 amide bonds. The lowest BCUT2D eigenvalue weighted by molar-refractivity contribution is -0.333. The fourth-order valence-electron chi connectivity index (χ4n) is 5.21. The summed E-state index contributed by atoms with van der Waals surface area (Å²) in [5.41, 5.74) is 14.5. The lowest BCUT2D eigenvalue weighted by Gasteiger charge is -2.29. The summed E-state index contributed by atoms with van der Waals surface area (Å²) in [6.45, 7) is -3.62. The Labute approximate surface area is 451 Å². The maximum atomic E-state index is 11.0. The van der Waals surface area contributed by atoms with Gasteiger partial charge in [0.25, 0.3) is 0 Å². The van der Waals surface area contributed by atoms with Crippen LogP contribution in [0.5, 0.6) is 57.5 Å². The van der Waals surface area contributed by atoms with Crippen molar-refractivity contribution < 1.29 is 122 Å². The van der Waals surface area contributed by atoms with Crippen molar-refractivity contribution in [3.05, 3.63) is 82.9 Å². The van der Waals surface area contributed by atoms with Crippen molar-refractivity contribution >= 4 is 39.9 Å². The largest absolute Gasteiger partial charge is 0.780 e. The van der Waals surface area contributed by atoms with Crippen LogP contribution in [0.4, 0.5) is 0 Å². The number of phosphoric ester groups is 2. The molecule has 0 saturated carbocycles. The molecule has 1 unspecified atom stereocenters. The Kier molecular flexibility index (Phi) is 33.0. The maximum absolute atomic E-state index is 11.0. The number of methoxy groups -OCH3 is 8. The van der Waals surface area contributed by atoms with Gasteiger partial charge < -0.3 is 134 Å². The molecule has 4 aromatic carbocycles. The number of hydrogen-bond donors (Lipinski definition) is 13. The van der Waals surface area contributed by atoms with E-state index in [4.69, 9.17) is 106 Å². The van der Waals surface area contributed by atoms with E-state index in [0.717, 1.165) is 11.1 Å². The van der Waals surface area contributed by atoms with Gasteiger partial charge in [0, 0.05) is 0 Å². The zero-order valence-electron chi connectivity index (χ0n) is 44.2. The summed E-state index contributed by atoms with van der Waals surface area (Å²) in [5.74, 6) is 2.94. The van der Waals surface area contributed by atoms with Crippen molar-refractivity contribution in [1.82, 2.24) is 0 Å². The van der Waals surface area contributed by atoms with E-state index in [9.17, 15) is 23.8 Å². The average Bonchev–Trinajstić information content (AvgIpc) is 3.44. The molecule has 0 aliphatic carbocycles. The van der Waals surface area contributed by atoms with Crippen molar-refractivity contribution in [2.75, 3.05) is 116 Å². The molecule has 0 heterocycles. The lowest BCUT2D eigenvalue weighted by atomic mass is 10.1. The number of aliphatic hydroxyl groups is 9. The number of phosphoric acid groups is 2. The topological polar surface area (TPSA) is 476 Å². The van der Waals surface area contributed by atoms with Gasteiger partial charge in [-0.25, -0.2) is 0 Å². The van der Waals surface area contributed by atoms with Gasteiger partial charge in [-0.2, -0.15) is 0 Å². The molecule has 0 spiro atoms. The smallest absolute Gasteiger partial charge is 0.317 e. The summed E-state index contributed by atoms with van der Waals surface area (Å²) < 4.78 is 72.7. The van der Waals surface area contributed by atoms with E-state index >= 15 is 0 Å². The highest BCUT2D eigenvalue weighted by molar-refractivity contribution is 7.45. The zero-order valence-corrected chi connectivity index (χ0v) is 46.0. The van der Waals surface area contributed by atoms with Gasteiger partial charge in [-0.3, -0.25) is 4.57 Å². The van der Waals surface area contributed by atoms with Crippen molar-refractivity contribution in [3.63, 3.8) is 0 Å². The molecule has 78 heavy (non-hydrogen) atoms. The molecule has 4 rings (SSSR count). The van der Waals surface area contributed by atoms with Crippen molar-refractivity contribution in [1.29, 1.82) is 0 Å². The number of nitrogens with two attached hydrogens (primary N) is 3. The fourth-order valence-corrected chi connectivity index (χ4v) is 5.99. The fraction of sp³-hybridized carbons (Fsp3) is 0.417. The van der Waals surface area contributed by atoms with Crippen molar-refractivity contribution in [2.24, 2.45) is 17.2 Å². The average molecular weight is 1150 g/mol. The second kappa shape index (κ2) is 35.6. The van der Waals surface area contributed by atoms with E-state index in [1.54, 1.807) is 60.7 Å². The van der Waals surface area contributed by atoms with Crippen LogP contribution in [0.15, 0.2) is 60.7 Å². The monoisotopic (exact) mass is 1150 g/mol. The summed E-state index contributed by atoms with van der Waals surface area (Å²) in [5, 5.41) is 75.1. The van der Waals surface area contributed by atoms with Crippen LogP contribution in [-0.2, 0) is 9.13 Å². The molecule has 0 aliphatic heterocycles. The first-order valence-corrected chi connectivity index (χ1v) is 25.2. The summed E-state index contributed by atoms with van der Waals surface area (Å²) in [6.07, 6.45) is 6.95. The molecule has 30 heteroatoms.